The van der Waals surface area contributed by atoms with E-state index >= 15 is 0 Å². The third-order valence-electron chi connectivity index (χ3n) is 3.02. The minimum absolute atomic E-state index is 0.259. The van der Waals surface area contributed by atoms with Gasteiger partial charge in [0.05, 0.1) is 11.9 Å². The van der Waals surface area contributed by atoms with E-state index in [2.05, 4.69) is 15.1 Å². The zero-order valence-corrected chi connectivity index (χ0v) is 12.7. The van der Waals surface area contributed by atoms with Crippen LogP contribution in [0.3, 0.4) is 0 Å². The van der Waals surface area contributed by atoms with Crippen LogP contribution in [0.2, 0.25) is 0 Å². The van der Waals surface area contributed by atoms with Gasteiger partial charge in [-0.05, 0) is 30.3 Å². The lowest BCUT2D eigenvalue weighted by Gasteiger charge is -2.03. The van der Waals surface area contributed by atoms with E-state index in [1.165, 1.54) is 23.5 Å². The fourth-order valence-corrected chi connectivity index (χ4v) is 2.76. The molecular formula is C16H13FN4S. The number of hydrogen-bond acceptors (Lipinski definition) is 4. The molecule has 22 heavy (non-hydrogen) atoms. The topological polar surface area (TPSA) is 42.5 Å². The van der Waals surface area contributed by atoms with Crippen LogP contribution in [0.25, 0.3) is 11.3 Å². The third-order valence-corrected chi connectivity index (χ3v) is 3.93. The molecule has 0 unspecified atom stereocenters. The predicted octanol–water partition coefficient (Wildman–Crippen LogP) is 3.16. The van der Waals surface area contributed by atoms with Gasteiger partial charge in [0.1, 0.15) is 5.82 Å². The molecule has 0 aliphatic rings. The van der Waals surface area contributed by atoms with E-state index in [0.717, 1.165) is 21.6 Å². The van der Waals surface area contributed by atoms with Crippen molar-refractivity contribution < 1.29 is 4.39 Å². The Morgan fingerprint density at radius 2 is 2.05 bits per heavy atom. The highest BCUT2D eigenvalue weighted by molar-refractivity contribution is 7.07. The predicted molar refractivity (Wildman–Crippen MR) is 86.4 cm³/mol. The molecular weight excluding hydrogens is 299 g/mol. The van der Waals surface area contributed by atoms with Crippen LogP contribution in [0, 0.1) is 5.82 Å². The van der Waals surface area contributed by atoms with Crippen molar-refractivity contribution in [3.8, 4) is 11.3 Å². The Hall–Kier alpha value is -2.60. The van der Waals surface area contributed by atoms with Crippen molar-refractivity contribution in [2.45, 2.75) is 0 Å². The maximum Gasteiger partial charge on any atom is 0.205 e. The normalized spacial score (nSPS) is 12.2. The molecule has 6 heteroatoms. The van der Waals surface area contributed by atoms with Gasteiger partial charge in [-0.3, -0.25) is 9.98 Å². The van der Waals surface area contributed by atoms with Crippen molar-refractivity contribution >= 4 is 17.6 Å². The standard InChI is InChI=1S/C16H13FN4S/c1-18-16-21(20-10-12-3-2-8-19-9-12)15(11-22-16)13-4-6-14(17)7-5-13/h2-11H,1H3/b18-16?,20-10-. The first-order valence-corrected chi connectivity index (χ1v) is 7.49. The van der Waals surface area contributed by atoms with Crippen molar-refractivity contribution in [2.24, 2.45) is 10.1 Å². The van der Waals surface area contributed by atoms with Crippen molar-refractivity contribution in [3.05, 3.63) is 70.4 Å². The molecule has 0 spiro atoms. The molecule has 0 amide bonds. The first kappa shape index (κ1) is 14.3. The average Bonchev–Trinajstić information content (AvgIpc) is 2.97. The monoisotopic (exact) mass is 312 g/mol. The molecule has 110 valence electrons. The number of nitrogens with zero attached hydrogens (tertiary/aromatic N) is 4. The van der Waals surface area contributed by atoms with Gasteiger partial charge in [-0.15, -0.1) is 11.3 Å². The molecule has 3 aromatic rings. The fourth-order valence-electron chi connectivity index (χ4n) is 1.96. The molecule has 4 nitrogen and oxygen atoms in total. The van der Waals surface area contributed by atoms with Gasteiger partial charge < -0.3 is 0 Å². The first-order chi connectivity index (χ1) is 10.8. The van der Waals surface area contributed by atoms with Gasteiger partial charge in [0.2, 0.25) is 4.80 Å². The molecule has 2 heterocycles. The SMILES string of the molecule is CN=c1scc(-c2ccc(F)cc2)n1/N=C\c1cccnc1. The average molecular weight is 312 g/mol. The van der Waals surface area contributed by atoms with Crippen LogP contribution in [0.1, 0.15) is 5.56 Å². The molecule has 0 atom stereocenters. The van der Waals surface area contributed by atoms with E-state index in [4.69, 9.17) is 0 Å². The summed E-state index contributed by atoms with van der Waals surface area (Å²) in [6.07, 6.45) is 5.17. The Morgan fingerprint density at radius 3 is 2.73 bits per heavy atom. The van der Waals surface area contributed by atoms with E-state index in [0.29, 0.717) is 0 Å². The van der Waals surface area contributed by atoms with Crippen LogP contribution in [-0.2, 0) is 0 Å². The van der Waals surface area contributed by atoms with Crippen LogP contribution >= 0.6 is 11.3 Å². The summed E-state index contributed by atoms with van der Waals surface area (Å²) in [5, 5.41) is 6.44. The van der Waals surface area contributed by atoms with E-state index in [1.807, 2.05) is 17.5 Å². The van der Waals surface area contributed by atoms with E-state index in [9.17, 15) is 4.39 Å². The zero-order valence-electron chi connectivity index (χ0n) is 11.8. The van der Waals surface area contributed by atoms with E-state index in [1.54, 1.807) is 42.5 Å². The summed E-state index contributed by atoms with van der Waals surface area (Å²) in [6, 6.07) is 10.1. The van der Waals surface area contributed by atoms with Crippen LogP contribution in [-0.4, -0.2) is 22.9 Å². The van der Waals surface area contributed by atoms with Crippen molar-refractivity contribution in [3.63, 3.8) is 0 Å². The highest BCUT2D eigenvalue weighted by Crippen LogP contribution is 2.20. The molecule has 0 aliphatic heterocycles. The van der Waals surface area contributed by atoms with Crippen LogP contribution in [0.15, 0.2) is 64.3 Å². The maximum absolute atomic E-state index is 13.1. The number of benzene rings is 1. The van der Waals surface area contributed by atoms with Gasteiger partial charge in [-0.2, -0.15) is 5.10 Å². The third kappa shape index (κ3) is 3.01. The molecule has 2 aromatic heterocycles. The first-order valence-electron chi connectivity index (χ1n) is 6.61. The van der Waals surface area contributed by atoms with Crippen LogP contribution < -0.4 is 4.80 Å². The quantitative estimate of drug-likeness (QED) is 0.685. The Morgan fingerprint density at radius 1 is 1.23 bits per heavy atom. The molecule has 0 N–H and O–H groups in total. The smallest absolute Gasteiger partial charge is 0.205 e. The second kappa shape index (κ2) is 6.44. The second-order valence-electron chi connectivity index (χ2n) is 4.48. The lowest BCUT2D eigenvalue weighted by Crippen LogP contribution is -2.11. The van der Waals surface area contributed by atoms with Crippen LogP contribution in [0.4, 0.5) is 4.39 Å². The summed E-state index contributed by atoms with van der Waals surface area (Å²) in [7, 11) is 1.72. The summed E-state index contributed by atoms with van der Waals surface area (Å²) >= 11 is 1.48. The number of thiazole rings is 1. The fraction of sp³-hybridized carbons (Fsp3) is 0.0625. The van der Waals surface area contributed by atoms with Gasteiger partial charge >= 0.3 is 0 Å². The highest BCUT2D eigenvalue weighted by atomic mass is 32.1. The molecule has 0 radical (unpaired) electrons. The largest absolute Gasteiger partial charge is 0.264 e. The Labute approximate surface area is 130 Å². The summed E-state index contributed by atoms with van der Waals surface area (Å²) in [5.74, 6) is -0.259. The minimum atomic E-state index is -0.259. The lowest BCUT2D eigenvalue weighted by molar-refractivity contribution is 0.628. The van der Waals surface area contributed by atoms with E-state index < -0.39 is 0 Å². The number of rotatable bonds is 3. The number of hydrogen-bond donors (Lipinski definition) is 0. The number of aromatic nitrogens is 2. The molecule has 0 aliphatic carbocycles. The van der Waals surface area contributed by atoms with Gasteiger partial charge in [0, 0.05) is 35.9 Å². The Balaban J connectivity index is 2.05. The van der Waals surface area contributed by atoms with Crippen molar-refractivity contribution in [1.82, 2.24) is 9.66 Å². The Kier molecular flexibility index (Phi) is 4.20. The minimum Gasteiger partial charge on any atom is -0.264 e. The summed E-state index contributed by atoms with van der Waals surface area (Å²) in [6.45, 7) is 0. The maximum atomic E-state index is 13.1. The Bertz CT molecular complexity index is 848. The van der Waals surface area contributed by atoms with E-state index in [-0.39, 0.29) is 5.82 Å². The molecule has 0 bridgehead atoms. The molecule has 0 fully saturated rings. The second-order valence-corrected chi connectivity index (χ2v) is 5.31. The molecule has 0 saturated heterocycles. The lowest BCUT2D eigenvalue weighted by atomic mass is 10.2. The highest BCUT2D eigenvalue weighted by Gasteiger charge is 2.07. The summed E-state index contributed by atoms with van der Waals surface area (Å²) < 4.78 is 14.8. The van der Waals surface area contributed by atoms with Crippen molar-refractivity contribution in [2.75, 3.05) is 7.05 Å². The van der Waals surface area contributed by atoms with Gasteiger partial charge in [-0.25, -0.2) is 9.07 Å². The molecule has 1 aromatic carbocycles. The van der Waals surface area contributed by atoms with Crippen molar-refractivity contribution in [1.29, 1.82) is 0 Å². The zero-order chi connectivity index (χ0) is 15.4. The van der Waals surface area contributed by atoms with Gasteiger partial charge in [0.15, 0.2) is 0 Å². The summed E-state index contributed by atoms with van der Waals surface area (Å²) in [5.41, 5.74) is 2.65. The van der Waals surface area contributed by atoms with Crippen LogP contribution in [0.5, 0.6) is 0 Å². The summed E-state index contributed by atoms with van der Waals surface area (Å²) in [4.78, 5) is 9.04. The number of pyridine rings is 1. The number of halogens is 1. The molecule has 3 rings (SSSR count). The molecule has 0 saturated carbocycles. The van der Waals surface area contributed by atoms with Gasteiger partial charge in [-0.1, -0.05) is 6.07 Å². The van der Waals surface area contributed by atoms with Gasteiger partial charge in [0.25, 0.3) is 0 Å².